The van der Waals surface area contributed by atoms with Gasteiger partial charge in [0.1, 0.15) is 18.4 Å². The Kier molecular flexibility index (Phi) is 7.10. The minimum absolute atomic E-state index is 0.0937. The first-order valence-corrected chi connectivity index (χ1v) is 11.4. The number of fused-ring (bicyclic) bond motifs is 3. The quantitative estimate of drug-likeness (QED) is 0.201. The van der Waals surface area contributed by atoms with E-state index in [1.165, 1.54) is 24.3 Å². The molecule has 0 aromatic heterocycles. The number of esters is 1. The summed E-state index contributed by atoms with van der Waals surface area (Å²) in [6.45, 7) is 3.97. The molecule has 0 saturated carbocycles. The van der Waals surface area contributed by atoms with Crippen LogP contribution in [-0.4, -0.2) is 29.6 Å². The summed E-state index contributed by atoms with van der Waals surface area (Å²) < 4.78 is 10.9. The van der Waals surface area contributed by atoms with Crippen molar-refractivity contribution in [3.05, 3.63) is 94.0 Å². The van der Waals surface area contributed by atoms with Crippen molar-refractivity contribution >= 4 is 17.7 Å². The molecule has 3 aromatic carbocycles. The van der Waals surface area contributed by atoms with Crippen LogP contribution in [0, 0.1) is 16.0 Å². The largest absolute Gasteiger partial charge is 0.449 e. The zero-order valence-corrected chi connectivity index (χ0v) is 19.5. The Morgan fingerprint density at radius 1 is 0.943 bits per heavy atom. The number of non-ortho nitro benzene ring substituents is 1. The molecular weight excluding hydrogens is 448 g/mol. The molecule has 1 atom stereocenters. The van der Waals surface area contributed by atoms with Gasteiger partial charge in [-0.05, 0) is 46.7 Å². The summed E-state index contributed by atoms with van der Waals surface area (Å²) in [6.07, 6.45) is -0.367. The fraction of sp³-hybridized carbons (Fsp3) is 0.259. The van der Waals surface area contributed by atoms with E-state index < -0.39 is 23.0 Å². The highest BCUT2D eigenvalue weighted by molar-refractivity contribution is 5.83. The Morgan fingerprint density at radius 2 is 1.51 bits per heavy atom. The van der Waals surface area contributed by atoms with Crippen LogP contribution < -0.4 is 10.1 Å². The van der Waals surface area contributed by atoms with Crippen LogP contribution in [0.3, 0.4) is 0 Å². The molecule has 4 rings (SSSR count). The van der Waals surface area contributed by atoms with Crippen molar-refractivity contribution in [3.8, 4) is 16.9 Å². The first-order chi connectivity index (χ1) is 16.8. The van der Waals surface area contributed by atoms with E-state index in [2.05, 4.69) is 17.4 Å². The van der Waals surface area contributed by atoms with Crippen LogP contribution in [0.1, 0.15) is 37.3 Å². The molecule has 0 spiro atoms. The van der Waals surface area contributed by atoms with Crippen molar-refractivity contribution < 1.29 is 24.0 Å². The number of nitro groups is 1. The van der Waals surface area contributed by atoms with Crippen molar-refractivity contribution in [2.45, 2.75) is 32.2 Å². The number of nitro benzene ring substituents is 1. The highest BCUT2D eigenvalue weighted by Crippen LogP contribution is 2.44. The maximum Gasteiger partial charge on any atom is 0.407 e. The van der Waals surface area contributed by atoms with E-state index in [0.717, 1.165) is 22.3 Å². The lowest BCUT2D eigenvalue weighted by molar-refractivity contribution is -0.384. The van der Waals surface area contributed by atoms with Gasteiger partial charge >= 0.3 is 12.1 Å². The molecule has 0 radical (unpaired) electrons. The normalized spacial score (nSPS) is 13.0. The minimum Gasteiger partial charge on any atom is -0.449 e. The van der Waals surface area contributed by atoms with Crippen molar-refractivity contribution in [3.63, 3.8) is 0 Å². The number of nitrogens with zero attached hydrogens (tertiary/aromatic N) is 1. The van der Waals surface area contributed by atoms with Crippen LogP contribution in [0.4, 0.5) is 10.5 Å². The Hall–Kier alpha value is -4.20. The smallest absolute Gasteiger partial charge is 0.407 e. The van der Waals surface area contributed by atoms with E-state index in [1.807, 2.05) is 50.2 Å². The number of carbonyl (C=O) groups excluding carboxylic acids is 2. The summed E-state index contributed by atoms with van der Waals surface area (Å²) in [4.78, 5) is 35.7. The molecule has 0 aliphatic heterocycles. The number of carbonyl (C=O) groups is 2. The monoisotopic (exact) mass is 474 g/mol. The van der Waals surface area contributed by atoms with Gasteiger partial charge in [-0.3, -0.25) is 10.1 Å². The highest BCUT2D eigenvalue weighted by Gasteiger charge is 2.30. The van der Waals surface area contributed by atoms with Gasteiger partial charge in [0.2, 0.25) is 0 Å². The van der Waals surface area contributed by atoms with E-state index in [4.69, 9.17) is 9.47 Å². The number of hydrogen-bond acceptors (Lipinski definition) is 6. The molecule has 180 valence electrons. The van der Waals surface area contributed by atoms with Crippen LogP contribution in [-0.2, 0) is 9.53 Å². The van der Waals surface area contributed by atoms with Crippen molar-refractivity contribution in [2.24, 2.45) is 5.92 Å². The summed E-state index contributed by atoms with van der Waals surface area (Å²) in [5.41, 5.74) is 4.33. The summed E-state index contributed by atoms with van der Waals surface area (Å²) >= 11 is 0. The highest BCUT2D eigenvalue weighted by atomic mass is 16.6. The molecule has 1 unspecified atom stereocenters. The molecule has 1 aliphatic carbocycles. The Bertz CT molecular complexity index is 1190. The number of alkyl carbamates (subject to hydrolysis) is 1. The molecule has 3 aromatic rings. The summed E-state index contributed by atoms with van der Waals surface area (Å²) in [5.74, 6) is -0.508. The van der Waals surface area contributed by atoms with Gasteiger partial charge in [0.25, 0.3) is 5.69 Å². The van der Waals surface area contributed by atoms with Gasteiger partial charge in [-0.1, -0.05) is 62.4 Å². The van der Waals surface area contributed by atoms with Gasteiger partial charge in [-0.15, -0.1) is 0 Å². The van der Waals surface area contributed by atoms with Crippen LogP contribution in [0.25, 0.3) is 11.1 Å². The van der Waals surface area contributed by atoms with Crippen molar-refractivity contribution in [1.82, 2.24) is 5.32 Å². The van der Waals surface area contributed by atoms with Crippen LogP contribution in [0.2, 0.25) is 0 Å². The third kappa shape index (κ3) is 5.48. The maximum atomic E-state index is 12.8. The third-order valence-electron chi connectivity index (χ3n) is 5.89. The first kappa shape index (κ1) is 23.9. The Labute approximate surface area is 203 Å². The van der Waals surface area contributed by atoms with Crippen molar-refractivity contribution in [2.75, 3.05) is 6.61 Å². The van der Waals surface area contributed by atoms with Gasteiger partial charge in [-0.25, -0.2) is 9.59 Å². The molecule has 0 saturated heterocycles. The van der Waals surface area contributed by atoms with Crippen molar-refractivity contribution in [1.29, 1.82) is 0 Å². The number of hydrogen-bond donors (Lipinski definition) is 1. The molecule has 1 N–H and O–H groups in total. The number of rotatable bonds is 8. The van der Waals surface area contributed by atoms with E-state index in [1.54, 1.807) is 0 Å². The molecule has 35 heavy (non-hydrogen) atoms. The summed E-state index contributed by atoms with van der Waals surface area (Å²) in [6, 6.07) is 20.3. The lowest BCUT2D eigenvalue weighted by Gasteiger charge is -2.20. The lowest BCUT2D eigenvalue weighted by Crippen LogP contribution is -2.44. The van der Waals surface area contributed by atoms with E-state index >= 15 is 0 Å². The number of benzene rings is 3. The fourth-order valence-corrected chi connectivity index (χ4v) is 4.29. The second kappa shape index (κ2) is 10.4. The van der Waals surface area contributed by atoms with Gasteiger partial charge < -0.3 is 14.8 Å². The second-order valence-electron chi connectivity index (χ2n) is 8.82. The number of ether oxygens (including phenoxy) is 2. The predicted molar refractivity (Wildman–Crippen MR) is 130 cm³/mol. The predicted octanol–water partition coefficient (Wildman–Crippen LogP) is 5.45. The van der Waals surface area contributed by atoms with Crippen LogP contribution in [0.5, 0.6) is 5.75 Å². The average molecular weight is 475 g/mol. The number of nitrogens with one attached hydrogen (secondary N) is 1. The standard InChI is InChI=1S/C27H26N2O6/c1-17(2)15-25(26(30)35-19-13-11-18(12-14-19)29(32)33)28-27(31)34-16-24-22-9-5-3-7-20(22)21-8-4-6-10-23(21)24/h3-14,17,24-25H,15-16H2,1-2H3,(H,28,31). The topological polar surface area (TPSA) is 108 Å². The lowest BCUT2D eigenvalue weighted by atomic mass is 9.98. The molecule has 1 aliphatic rings. The Balaban J connectivity index is 1.41. The van der Waals surface area contributed by atoms with E-state index in [0.29, 0.717) is 6.42 Å². The third-order valence-corrected chi connectivity index (χ3v) is 5.89. The SMILES string of the molecule is CC(C)CC(NC(=O)OCC1c2ccccc2-c2ccccc21)C(=O)Oc1ccc([N+](=O)[O-])cc1. The molecule has 0 fully saturated rings. The van der Waals surface area contributed by atoms with Gasteiger partial charge in [-0.2, -0.15) is 0 Å². The molecule has 8 nitrogen and oxygen atoms in total. The fourth-order valence-electron chi connectivity index (χ4n) is 4.29. The molecular formula is C27H26N2O6. The van der Waals surface area contributed by atoms with Crippen LogP contribution >= 0.6 is 0 Å². The van der Waals surface area contributed by atoms with Gasteiger partial charge in [0.05, 0.1) is 4.92 Å². The summed E-state index contributed by atoms with van der Waals surface area (Å²) in [5, 5.41) is 13.4. The maximum absolute atomic E-state index is 12.8. The first-order valence-electron chi connectivity index (χ1n) is 11.4. The van der Waals surface area contributed by atoms with Crippen LogP contribution in [0.15, 0.2) is 72.8 Å². The molecule has 0 heterocycles. The molecule has 1 amide bonds. The van der Waals surface area contributed by atoms with Gasteiger partial charge in [0.15, 0.2) is 0 Å². The second-order valence-corrected chi connectivity index (χ2v) is 8.82. The molecule has 0 bridgehead atoms. The van der Waals surface area contributed by atoms with Gasteiger partial charge in [0, 0.05) is 18.1 Å². The van der Waals surface area contributed by atoms with E-state index in [-0.39, 0.29) is 29.9 Å². The molecule has 8 heteroatoms. The zero-order valence-electron chi connectivity index (χ0n) is 19.5. The van der Waals surface area contributed by atoms with E-state index in [9.17, 15) is 19.7 Å². The zero-order chi connectivity index (χ0) is 24.9. The number of amides is 1. The average Bonchev–Trinajstić information content (AvgIpc) is 3.16. The minimum atomic E-state index is -0.930. The summed E-state index contributed by atoms with van der Waals surface area (Å²) in [7, 11) is 0. The Morgan fingerprint density at radius 3 is 2.06 bits per heavy atom.